The van der Waals surface area contributed by atoms with E-state index in [4.69, 9.17) is 104 Å². The van der Waals surface area contributed by atoms with Crippen LogP contribution < -0.4 is 0 Å². The molecule has 14 atom stereocenters. The van der Waals surface area contributed by atoms with E-state index < -0.39 is 35.2 Å². The summed E-state index contributed by atoms with van der Waals surface area (Å²) in [4.78, 5) is 0. The van der Waals surface area contributed by atoms with Crippen LogP contribution in [0.4, 0.5) is 0 Å². The molecule has 2 fully saturated rings. The Bertz CT molecular complexity index is 1370. The maximum atomic E-state index is 6.92. The molecule has 0 N–H and O–H groups in total. The van der Waals surface area contributed by atoms with Crippen LogP contribution in [0, 0.1) is 35.5 Å². The summed E-state index contributed by atoms with van der Waals surface area (Å²) in [7, 11) is -8.44. The lowest BCUT2D eigenvalue weighted by Crippen LogP contribution is -2.56. The quantitative estimate of drug-likeness (QED) is 0.0201. The molecule has 0 aromatic heterocycles. The van der Waals surface area contributed by atoms with Crippen molar-refractivity contribution in [3.63, 3.8) is 0 Å². The molecular formula is C58H122O12S6Si4. The van der Waals surface area contributed by atoms with Crippen molar-refractivity contribution < 1.29 is 53.1 Å². The third kappa shape index (κ3) is 23.4. The van der Waals surface area contributed by atoms with Gasteiger partial charge in [0.15, 0.2) is 0 Å². The number of thiol groups is 4. The second kappa shape index (κ2) is 43.2. The molecule has 0 aromatic carbocycles. The Kier molecular flexibility index (Phi) is 42.5. The zero-order chi connectivity index (χ0) is 59.8. The van der Waals surface area contributed by atoms with Crippen molar-refractivity contribution in [2.75, 3.05) is 90.8 Å². The molecule has 0 saturated heterocycles. The number of rotatable bonds is 49. The Balaban J connectivity index is 2.67. The maximum absolute atomic E-state index is 6.92. The minimum Gasteiger partial charge on any atom is -0.374 e. The van der Waals surface area contributed by atoms with E-state index in [2.05, 4.69) is 132 Å². The maximum Gasteiger partial charge on any atom is 0.504 e. The normalized spacial score (nSPS) is 23.9. The van der Waals surface area contributed by atoms with E-state index in [9.17, 15) is 0 Å². The van der Waals surface area contributed by atoms with Crippen molar-refractivity contribution in [2.45, 2.75) is 244 Å². The van der Waals surface area contributed by atoms with Gasteiger partial charge < -0.3 is 53.1 Å². The molecule has 0 radical (unpaired) electrons. The first-order valence-corrected chi connectivity index (χ1v) is 43.9. The van der Waals surface area contributed by atoms with Gasteiger partial charge in [-0.1, -0.05) is 62.1 Å². The van der Waals surface area contributed by atoms with Crippen molar-refractivity contribution in [3.8, 4) is 0 Å². The minimum atomic E-state index is -3.25. The van der Waals surface area contributed by atoms with E-state index in [-0.39, 0.29) is 55.0 Å². The van der Waals surface area contributed by atoms with Crippen molar-refractivity contribution in [3.05, 3.63) is 0 Å². The first kappa shape index (κ1) is 78.6. The first-order chi connectivity index (χ1) is 38.5. The molecule has 14 unspecified atom stereocenters. The largest absolute Gasteiger partial charge is 0.504 e. The van der Waals surface area contributed by atoms with Gasteiger partial charge in [0, 0.05) is 134 Å². The van der Waals surface area contributed by atoms with E-state index >= 15 is 0 Å². The molecule has 2 saturated carbocycles. The minimum absolute atomic E-state index is 0.0555. The molecule has 2 rings (SSSR count). The number of hydrogen-bond donors (Lipinski definition) is 4. The third-order valence-electron chi connectivity index (χ3n) is 17.1. The Morgan fingerprint density at radius 1 is 0.362 bits per heavy atom. The van der Waals surface area contributed by atoms with Gasteiger partial charge in [-0.15, -0.1) is 0 Å². The lowest BCUT2D eigenvalue weighted by molar-refractivity contribution is 0.0263. The van der Waals surface area contributed by atoms with Gasteiger partial charge >= 0.3 is 35.2 Å². The van der Waals surface area contributed by atoms with Crippen LogP contribution in [0.25, 0.3) is 0 Å². The van der Waals surface area contributed by atoms with Gasteiger partial charge in [-0.05, 0) is 196 Å². The smallest absolute Gasteiger partial charge is 0.374 e. The molecule has 2 aliphatic rings. The van der Waals surface area contributed by atoms with Crippen molar-refractivity contribution in [1.82, 2.24) is 0 Å². The Hall–Kier alpha value is 2.49. The molecule has 80 heavy (non-hydrogen) atoms. The zero-order valence-electron chi connectivity index (χ0n) is 53.4. The summed E-state index contributed by atoms with van der Waals surface area (Å²) in [6.45, 7) is 40.6. The highest BCUT2D eigenvalue weighted by molar-refractivity contribution is 8.76. The van der Waals surface area contributed by atoms with E-state index in [0.29, 0.717) is 103 Å². The third-order valence-corrected chi connectivity index (χ3v) is 37.0. The van der Waals surface area contributed by atoms with Crippen LogP contribution in [0.5, 0.6) is 0 Å². The van der Waals surface area contributed by atoms with Gasteiger partial charge in [-0.25, -0.2) is 0 Å². The Labute approximate surface area is 526 Å². The van der Waals surface area contributed by atoms with Crippen LogP contribution in [0.1, 0.15) is 201 Å². The highest BCUT2D eigenvalue weighted by atomic mass is 33.1. The predicted molar refractivity (Wildman–Crippen MR) is 362 cm³/mol. The van der Waals surface area contributed by atoms with Gasteiger partial charge in [0.05, 0.1) is 0 Å². The molecule has 0 heterocycles. The summed E-state index contributed by atoms with van der Waals surface area (Å²) < 4.78 is 81.3. The van der Waals surface area contributed by atoms with Crippen LogP contribution in [0.3, 0.4) is 0 Å². The van der Waals surface area contributed by atoms with Crippen LogP contribution in [-0.2, 0) is 53.1 Å². The van der Waals surface area contributed by atoms with Gasteiger partial charge in [-0.2, -0.15) is 50.5 Å². The van der Waals surface area contributed by atoms with Crippen molar-refractivity contribution >= 4 is 107 Å². The lowest BCUT2D eigenvalue weighted by atomic mass is 9.70. The zero-order valence-corrected chi connectivity index (χ0v) is 62.6. The molecule has 12 nitrogen and oxygen atoms in total. The summed E-state index contributed by atoms with van der Waals surface area (Å²) in [5.74, 6) is 4.28. The summed E-state index contributed by atoms with van der Waals surface area (Å²) in [6.07, 6.45) is 14.4. The summed E-state index contributed by atoms with van der Waals surface area (Å²) >= 11 is 21.1. The van der Waals surface area contributed by atoms with Crippen molar-refractivity contribution in [2.24, 2.45) is 35.5 Å². The second-order valence-electron chi connectivity index (χ2n) is 21.9. The van der Waals surface area contributed by atoms with Crippen LogP contribution in [0.2, 0.25) is 22.2 Å². The average Bonchev–Trinajstić information content (AvgIpc) is 3.61. The lowest BCUT2D eigenvalue weighted by Gasteiger charge is -2.49. The molecule has 0 spiro atoms. The first-order valence-electron chi connectivity index (χ1n) is 32.1. The van der Waals surface area contributed by atoms with E-state index in [1.165, 1.54) is 0 Å². The van der Waals surface area contributed by atoms with Crippen molar-refractivity contribution in [1.29, 1.82) is 0 Å². The molecule has 0 bridgehead atoms. The Morgan fingerprint density at radius 2 is 0.613 bits per heavy atom. The standard InChI is InChI=1S/C58H122O12S6Si4/c1-17-31-53(71)55(73)43-57(79(65-25-9,66-26-10)67-27-11)51-41-49(45(15)77(59-19-3,60-20-4)61-21-5)35-33-47(51)37-39-75-76-40-38-48-34-36-50(46(16)78(62-22-6,63-23-7)64-24-8)42-52(48)58(44-56(74)54(72)32-18-2)80(68-28-12,69-29-13)70-30-14/h45-58,71-74H,17-44H2,1-16H3. The molecule has 0 amide bonds. The summed E-state index contributed by atoms with van der Waals surface area (Å²) in [6, 6.07) is 0. The monoisotopic (exact) mass is 1310 g/mol. The van der Waals surface area contributed by atoms with E-state index in [0.717, 1.165) is 101 Å². The topological polar surface area (TPSA) is 111 Å². The highest BCUT2D eigenvalue weighted by Gasteiger charge is 2.60. The van der Waals surface area contributed by atoms with Gasteiger partial charge in [0.1, 0.15) is 0 Å². The predicted octanol–water partition coefficient (Wildman–Crippen LogP) is 16.5. The number of hydrogen-bond acceptors (Lipinski definition) is 18. The molecular weight excluding hydrogens is 1190 g/mol. The summed E-state index contributed by atoms with van der Waals surface area (Å²) in [5, 5.41) is 0.430. The fourth-order valence-corrected chi connectivity index (χ4v) is 31.3. The van der Waals surface area contributed by atoms with E-state index in [1.54, 1.807) is 0 Å². The average molecular weight is 1320 g/mol. The Morgan fingerprint density at radius 3 is 0.850 bits per heavy atom. The molecule has 2 aliphatic carbocycles. The van der Waals surface area contributed by atoms with Crippen LogP contribution >= 0.6 is 72.1 Å². The molecule has 478 valence electrons. The fourth-order valence-electron chi connectivity index (χ4n) is 13.6. The van der Waals surface area contributed by atoms with Crippen LogP contribution in [0.15, 0.2) is 0 Å². The van der Waals surface area contributed by atoms with Gasteiger partial charge in [-0.3, -0.25) is 0 Å². The summed E-state index contributed by atoms with van der Waals surface area (Å²) in [5.41, 5.74) is 0.373. The van der Waals surface area contributed by atoms with Gasteiger partial charge in [0.2, 0.25) is 0 Å². The molecule has 0 aliphatic heterocycles. The second-order valence-corrected chi connectivity index (χ2v) is 38.9. The van der Waals surface area contributed by atoms with E-state index in [1.807, 2.05) is 0 Å². The highest BCUT2D eigenvalue weighted by Crippen LogP contribution is 2.56. The van der Waals surface area contributed by atoms with Gasteiger partial charge in [0.25, 0.3) is 0 Å². The van der Waals surface area contributed by atoms with Crippen LogP contribution in [-0.4, -0.2) is 147 Å². The fraction of sp³-hybridized carbons (Fsp3) is 1.00. The molecule has 0 aromatic rings. The molecule has 22 heteroatoms. The SMILES string of the molecule is CCCC(S)C(S)CC(C1CC(C(C)[Si](OCC)(OCC)OCC)CCC1CCSSCCC1CCC(C(C)[Si](OCC)(OCC)OCC)CC1C(CC(S)C(S)CCC)[Si](OCC)(OCC)OCC)[Si](OCC)(OCC)OCC.